The van der Waals surface area contributed by atoms with Crippen molar-refractivity contribution in [1.82, 2.24) is 19.6 Å². The molecule has 0 aliphatic carbocycles. The maximum absolute atomic E-state index is 5.40. The minimum Gasteiger partial charge on any atom is -0.361 e. The molecule has 1 saturated heterocycles. The molecule has 1 aliphatic heterocycles. The van der Waals surface area contributed by atoms with Crippen LogP contribution in [0.5, 0.6) is 0 Å². The van der Waals surface area contributed by atoms with Crippen molar-refractivity contribution in [3.63, 3.8) is 0 Å². The Balaban J connectivity index is 1.67. The van der Waals surface area contributed by atoms with Crippen LogP contribution in [0.25, 0.3) is 11.0 Å². The quantitative estimate of drug-likeness (QED) is 0.728. The molecule has 3 aromatic rings. The largest absolute Gasteiger partial charge is 0.361 e. The van der Waals surface area contributed by atoms with Crippen LogP contribution >= 0.6 is 0 Å². The fourth-order valence-electron chi connectivity index (χ4n) is 4.09. The van der Waals surface area contributed by atoms with Crippen molar-refractivity contribution in [3.8, 4) is 0 Å². The van der Waals surface area contributed by atoms with Gasteiger partial charge >= 0.3 is 0 Å². The number of aryl methyl sites for hydroxylation is 3. The molecule has 0 unspecified atom stereocenters. The smallest absolute Gasteiger partial charge is 0.138 e. The fourth-order valence-corrected chi connectivity index (χ4v) is 4.09. The molecule has 1 aliphatic rings. The van der Waals surface area contributed by atoms with Crippen LogP contribution in [0.2, 0.25) is 0 Å². The summed E-state index contributed by atoms with van der Waals surface area (Å²) in [7, 11) is 0. The summed E-state index contributed by atoms with van der Waals surface area (Å²) < 4.78 is 7.73. The minimum atomic E-state index is 0.390. The second-order valence-corrected chi connectivity index (χ2v) is 6.63. The second kappa shape index (κ2) is 6.06. The number of nitrogens with zero attached hydrogens (tertiary/aromatic N) is 4. The summed E-state index contributed by atoms with van der Waals surface area (Å²) in [6.45, 7) is 9.17. The lowest BCUT2D eigenvalue weighted by Crippen LogP contribution is -2.25. The average Bonchev–Trinajstić information content (AvgIpc) is 3.25. The summed E-state index contributed by atoms with van der Waals surface area (Å²) in [4.78, 5) is 7.42. The zero-order chi connectivity index (χ0) is 16.7. The molecule has 0 N–H and O–H groups in total. The summed E-state index contributed by atoms with van der Waals surface area (Å²) in [6, 6.07) is 8.79. The number of hydrogen-bond acceptors (Lipinski definition) is 4. The van der Waals surface area contributed by atoms with Gasteiger partial charge in [0.2, 0.25) is 0 Å². The third kappa shape index (κ3) is 2.44. The molecule has 4 rings (SSSR count). The fraction of sp³-hybridized carbons (Fsp3) is 0.474. The Labute approximate surface area is 142 Å². The van der Waals surface area contributed by atoms with E-state index >= 15 is 0 Å². The molecule has 5 heteroatoms. The molecule has 5 nitrogen and oxygen atoms in total. The number of imidazole rings is 1. The predicted octanol–water partition coefficient (Wildman–Crippen LogP) is 4.00. The molecule has 126 valence electrons. The Morgan fingerprint density at radius 3 is 2.83 bits per heavy atom. The molecule has 1 aromatic carbocycles. The number of rotatable bonds is 4. The first-order valence-corrected chi connectivity index (χ1v) is 8.80. The summed E-state index contributed by atoms with van der Waals surface area (Å²) in [5.41, 5.74) is 4.60. The highest BCUT2D eigenvalue weighted by Gasteiger charge is 2.31. The molecule has 0 amide bonds. The van der Waals surface area contributed by atoms with E-state index in [0.717, 1.165) is 48.9 Å². The van der Waals surface area contributed by atoms with E-state index in [4.69, 9.17) is 9.51 Å². The van der Waals surface area contributed by atoms with Crippen molar-refractivity contribution in [1.29, 1.82) is 0 Å². The van der Waals surface area contributed by atoms with Gasteiger partial charge in [-0.1, -0.05) is 17.3 Å². The van der Waals surface area contributed by atoms with Gasteiger partial charge in [0.1, 0.15) is 11.6 Å². The predicted molar refractivity (Wildman–Crippen MR) is 93.8 cm³/mol. The summed E-state index contributed by atoms with van der Waals surface area (Å²) in [6.07, 6.45) is 2.37. The average molecular weight is 324 g/mol. The maximum Gasteiger partial charge on any atom is 0.138 e. The van der Waals surface area contributed by atoms with E-state index in [2.05, 4.69) is 45.8 Å². The van der Waals surface area contributed by atoms with Crippen molar-refractivity contribution in [2.45, 2.75) is 52.7 Å². The lowest BCUT2D eigenvalue weighted by molar-refractivity contribution is 0.237. The third-order valence-electron chi connectivity index (χ3n) is 5.18. The van der Waals surface area contributed by atoms with E-state index in [1.54, 1.807) is 0 Å². The Bertz CT molecular complexity index is 844. The zero-order valence-electron chi connectivity index (χ0n) is 14.6. The Hall–Kier alpha value is -2.14. The highest BCUT2D eigenvalue weighted by atomic mass is 16.5. The molecule has 1 atom stereocenters. The lowest BCUT2D eigenvalue weighted by Gasteiger charge is -2.24. The van der Waals surface area contributed by atoms with Gasteiger partial charge in [-0.15, -0.1) is 0 Å². The maximum atomic E-state index is 5.40. The van der Waals surface area contributed by atoms with Gasteiger partial charge in [0, 0.05) is 18.2 Å². The van der Waals surface area contributed by atoms with E-state index in [1.807, 2.05) is 13.8 Å². The van der Waals surface area contributed by atoms with Gasteiger partial charge in [0.15, 0.2) is 0 Å². The van der Waals surface area contributed by atoms with Crippen LogP contribution < -0.4 is 0 Å². The van der Waals surface area contributed by atoms with Crippen molar-refractivity contribution in [2.24, 2.45) is 0 Å². The van der Waals surface area contributed by atoms with Crippen molar-refractivity contribution in [2.75, 3.05) is 6.54 Å². The highest BCUT2D eigenvalue weighted by Crippen LogP contribution is 2.36. The van der Waals surface area contributed by atoms with Gasteiger partial charge in [-0.2, -0.15) is 0 Å². The lowest BCUT2D eigenvalue weighted by atomic mass is 10.0. The number of fused-ring (bicyclic) bond motifs is 1. The van der Waals surface area contributed by atoms with Crippen molar-refractivity contribution < 1.29 is 4.52 Å². The first kappa shape index (κ1) is 15.4. The Morgan fingerprint density at radius 2 is 2.08 bits per heavy atom. The molecule has 24 heavy (non-hydrogen) atoms. The highest BCUT2D eigenvalue weighted by molar-refractivity contribution is 5.75. The SMILES string of the molecule is CCn1c(CN2CCC[C@@H]2c2c(C)noc2C)nc2ccccc21. The van der Waals surface area contributed by atoms with Crippen LogP contribution in [0.1, 0.15) is 48.6 Å². The monoisotopic (exact) mass is 324 g/mol. The molecule has 0 saturated carbocycles. The van der Waals surface area contributed by atoms with E-state index in [9.17, 15) is 0 Å². The Morgan fingerprint density at radius 1 is 1.25 bits per heavy atom. The minimum absolute atomic E-state index is 0.390. The van der Waals surface area contributed by atoms with Crippen LogP contribution in [-0.4, -0.2) is 26.2 Å². The van der Waals surface area contributed by atoms with Gasteiger partial charge in [-0.25, -0.2) is 4.98 Å². The van der Waals surface area contributed by atoms with Crippen LogP contribution in [0, 0.1) is 13.8 Å². The molecule has 0 spiro atoms. The van der Waals surface area contributed by atoms with E-state index in [0.29, 0.717) is 6.04 Å². The number of para-hydroxylation sites is 2. The van der Waals surface area contributed by atoms with Crippen molar-refractivity contribution in [3.05, 3.63) is 47.1 Å². The standard InChI is InChI=1S/C19H24N4O/c1-4-23-16-9-6-5-8-15(16)20-18(23)12-22-11-7-10-17(22)19-13(2)21-24-14(19)3/h5-6,8-9,17H,4,7,10-12H2,1-3H3/t17-/m1/s1. The van der Waals surface area contributed by atoms with E-state index in [1.165, 1.54) is 17.5 Å². The Kier molecular flexibility index (Phi) is 3.88. The molecule has 2 aromatic heterocycles. The number of hydrogen-bond donors (Lipinski definition) is 0. The first-order valence-electron chi connectivity index (χ1n) is 8.80. The van der Waals surface area contributed by atoms with Gasteiger partial charge in [0.25, 0.3) is 0 Å². The molecule has 0 bridgehead atoms. The van der Waals surface area contributed by atoms with Crippen molar-refractivity contribution >= 4 is 11.0 Å². The van der Waals surface area contributed by atoms with Crippen LogP contribution in [0.3, 0.4) is 0 Å². The van der Waals surface area contributed by atoms with Crippen LogP contribution in [0.4, 0.5) is 0 Å². The van der Waals surface area contributed by atoms with Gasteiger partial charge in [-0.05, 0) is 52.3 Å². The van der Waals surface area contributed by atoms with Gasteiger partial charge in [0.05, 0.1) is 23.3 Å². The zero-order valence-corrected chi connectivity index (χ0v) is 14.6. The molecule has 3 heterocycles. The topological polar surface area (TPSA) is 47.1 Å². The third-order valence-corrected chi connectivity index (χ3v) is 5.18. The number of aromatic nitrogens is 3. The van der Waals surface area contributed by atoms with Gasteiger partial charge in [-0.3, -0.25) is 4.90 Å². The van der Waals surface area contributed by atoms with Crippen LogP contribution in [-0.2, 0) is 13.1 Å². The van der Waals surface area contributed by atoms with E-state index in [-0.39, 0.29) is 0 Å². The number of likely N-dealkylation sites (tertiary alicyclic amines) is 1. The van der Waals surface area contributed by atoms with Gasteiger partial charge < -0.3 is 9.09 Å². The molecule has 0 radical (unpaired) electrons. The summed E-state index contributed by atoms with van der Waals surface area (Å²) in [5.74, 6) is 2.10. The molecule has 1 fully saturated rings. The molecular weight excluding hydrogens is 300 g/mol. The second-order valence-electron chi connectivity index (χ2n) is 6.63. The number of benzene rings is 1. The van der Waals surface area contributed by atoms with Crippen LogP contribution in [0.15, 0.2) is 28.8 Å². The summed E-state index contributed by atoms with van der Waals surface area (Å²) >= 11 is 0. The molecular formula is C19H24N4O. The normalized spacial score (nSPS) is 18.7. The summed E-state index contributed by atoms with van der Waals surface area (Å²) in [5, 5.41) is 4.15. The first-order chi connectivity index (χ1) is 11.7. The van der Waals surface area contributed by atoms with E-state index < -0.39 is 0 Å².